The molecule has 1 aliphatic rings. The molecule has 144 valence electrons. The third-order valence-electron chi connectivity index (χ3n) is 4.64. The smallest absolute Gasteiger partial charge is 0.387 e. The summed E-state index contributed by atoms with van der Waals surface area (Å²) in [4.78, 5) is 14.8. The zero-order valence-corrected chi connectivity index (χ0v) is 15.2. The fourth-order valence-corrected chi connectivity index (χ4v) is 3.43. The average molecular weight is 377 g/mol. The van der Waals surface area contributed by atoms with E-state index in [0.29, 0.717) is 18.0 Å². The van der Waals surface area contributed by atoms with Crippen LogP contribution < -0.4 is 14.2 Å². The lowest BCUT2D eigenvalue weighted by molar-refractivity contribution is -0.0502. The summed E-state index contributed by atoms with van der Waals surface area (Å²) in [6.45, 7) is -2.47. The maximum absolute atomic E-state index is 13.1. The Kier molecular flexibility index (Phi) is 5.78. The minimum absolute atomic E-state index is 0.117. The Morgan fingerprint density at radius 2 is 1.89 bits per heavy atom. The highest BCUT2D eigenvalue weighted by Gasteiger charge is 2.34. The molecule has 0 bridgehead atoms. The normalized spacial score (nSPS) is 16.5. The van der Waals surface area contributed by atoms with Crippen molar-refractivity contribution in [2.24, 2.45) is 0 Å². The highest BCUT2D eigenvalue weighted by Crippen LogP contribution is 2.40. The zero-order valence-electron chi connectivity index (χ0n) is 15.2. The van der Waals surface area contributed by atoms with Crippen molar-refractivity contribution in [3.63, 3.8) is 0 Å². The molecular weight excluding hydrogens is 356 g/mol. The van der Waals surface area contributed by atoms with Crippen molar-refractivity contribution in [2.45, 2.75) is 25.5 Å². The molecule has 5 nitrogen and oxygen atoms in total. The van der Waals surface area contributed by atoms with E-state index in [-0.39, 0.29) is 23.3 Å². The molecule has 0 aromatic heterocycles. The van der Waals surface area contributed by atoms with Crippen molar-refractivity contribution >= 4 is 5.91 Å². The lowest BCUT2D eigenvalue weighted by Crippen LogP contribution is -2.31. The van der Waals surface area contributed by atoms with E-state index in [9.17, 15) is 13.6 Å². The van der Waals surface area contributed by atoms with Gasteiger partial charge in [-0.1, -0.05) is 12.1 Å². The topological polar surface area (TPSA) is 48.0 Å². The van der Waals surface area contributed by atoms with Crippen LogP contribution in [0.3, 0.4) is 0 Å². The summed E-state index contributed by atoms with van der Waals surface area (Å²) in [7, 11) is 3.14. The highest BCUT2D eigenvalue weighted by atomic mass is 19.3. The van der Waals surface area contributed by atoms with Crippen LogP contribution in [-0.2, 0) is 0 Å². The first-order chi connectivity index (χ1) is 13.0. The van der Waals surface area contributed by atoms with Gasteiger partial charge in [0.2, 0.25) is 0 Å². The minimum Gasteiger partial charge on any atom is -0.497 e. The fraction of sp³-hybridized carbons (Fsp3) is 0.350. The van der Waals surface area contributed by atoms with Gasteiger partial charge < -0.3 is 19.1 Å². The summed E-state index contributed by atoms with van der Waals surface area (Å²) in [6.07, 6.45) is 1.54. The number of benzene rings is 2. The summed E-state index contributed by atoms with van der Waals surface area (Å²) in [6, 6.07) is 11.2. The van der Waals surface area contributed by atoms with Crippen LogP contribution in [0.15, 0.2) is 42.5 Å². The van der Waals surface area contributed by atoms with E-state index in [1.165, 1.54) is 12.1 Å². The van der Waals surface area contributed by atoms with E-state index in [2.05, 4.69) is 4.74 Å². The van der Waals surface area contributed by atoms with Crippen molar-refractivity contribution in [2.75, 3.05) is 20.8 Å². The van der Waals surface area contributed by atoms with Crippen molar-refractivity contribution in [3.05, 3.63) is 53.6 Å². The molecule has 0 spiro atoms. The second-order valence-corrected chi connectivity index (χ2v) is 6.14. The molecule has 0 N–H and O–H groups in total. The van der Waals surface area contributed by atoms with Crippen LogP contribution in [-0.4, -0.2) is 38.2 Å². The first-order valence-electron chi connectivity index (χ1n) is 8.62. The Morgan fingerprint density at radius 3 is 2.59 bits per heavy atom. The Hall–Kier alpha value is -2.83. The number of methoxy groups -OCH3 is 2. The number of carbonyl (C=O) groups excluding carboxylic acids is 1. The zero-order chi connectivity index (χ0) is 19.4. The molecule has 2 aromatic carbocycles. The molecule has 27 heavy (non-hydrogen) atoms. The molecule has 7 heteroatoms. The lowest BCUT2D eigenvalue weighted by atomic mass is 10.0. The van der Waals surface area contributed by atoms with Gasteiger partial charge in [0, 0.05) is 12.1 Å². The molecule has 3 rings (SSSR count). The van der Waals surface area contributed by atoms with Gasteiger partial charge in [0.25, 0.3) is 5.91 Å². The molecule has 1 unspecified atom stereocenters. The highest BCUT2D eigenvalue weighted by molar-refractivity contribution is 5.97. The van der Waals surface area contributed by atoms with Crippen LogP contribution in [0, 0.1) is 0 Å². The number of hydrogen-bond acceptors (Lipinski definition) is 4. The molecule has 1 amide bonds. The fourth-order valence-electron chi connectivity index (χ4n) is 3.43. The monoisotopic (exact) mass is 377 g/mol. The molecule has 0 saturated carbocycles. The molecule has 1 atom stereocenters. The summed E-state index contributed by atoms with van der Waals surface area (Å²) < 4.78 is 40.6. The van der Waals surface area contributed by atoms with E-state index in [0.717, 1.165) is 18.4 Å². The molecule has 0 radical (unpaired) electrons. The largest absolute Gasteiger partial charge is 0.497 e. The van der Waals surface area contributed by atoms with Crippen molar-refractivity contribution in [1.82, 2.24) is 4.90 Å². The van der Waals surface area contributed by atoms with Gasteiger partial charge in [-0.3, -0.25) is 4.79 Å². The van der Waals surface area contributed by atoms with Crippen molar-refractivity contribution in [3.8, 4) is 17.2 Å². The Morgan fingerprint density at radius 1 is 1.11 bits per heavy atom. The van der Waals surface area contributed by atoms with Gasteiger partial charge in [-0.25, -0.2) is 0 Å². The Bertz CT molecular complexity index is 812. The SMILES string of the molecule is COc1ccc(OC)c(C2CCCN2C(=O)c2ccccc2OC(F)F)c1. The van der Waals surface area contributed by atoms with Crippen LogP contribution in [0.5, 0.6) is 17.2 Å². The van der Waals surface area contributed by atoms with E-state index < -0.39 is 6.61 Å². The molecule has 0 aliphatic carbocycles. The van der Waals surface area contributed by atoms with Crippen molar-refractivity contribution < 1.29 is 27.8 Å². The van der Waals surface area contributed by atoms with Crippen LogP contribution in [0.25, 0.3) is 0 Å². The molecule has 1 fully saturated rings. The maximum atomic E-state index is 13.1. The van der Waals surface area contributed by atoms with Gasteiger partial charge in [-0.2, -0.15) is 8.78 Å². The number of halogens is 2. The Labute approximate surface area is 156 Å². The van der Waals surface area contributed by atoms with Gasteiger partial charge >= 0.3 is 6.61 Å². The Balaban J connectivity index is 1.95. The van der Waals surface area contributed by atoms with Crippen LogP contribution >= 0.6 is 0 Å². The first kappa shape index (κ1) is 18.9. The molecule has 1 heterocycles. The number of rotatable bonds is 6. The number of hydrogen-bond donors (Lipinski definition) is 0. The first-order valence-corrected chi connectivity index (χ1v) is 8.62. The van der Waals surface area contributed by atoms with E-state index in [4.69, 9.17) is 9.47 Å². The molecule has 2 aromatic rings. The summed E-state index contributed by atoms with van der Waals surface area (Å²) in [5.74, 6) is 0.837. The predicted molar refractivity (Wildman–Crippen MR) is 95.6 cm³/mol. The number of alkyl halides is 2. The number of para-hydroxylation sites is 1. The van der Waals surface area contributed by atoms with Gasteiger partial charge in [0.05, 0.1) is 25.8 Å². The van der Waals surface area contributed by atoms with Crippen molar-refractivity contribution in [1.29, 1.82) is 0 Å². The second-order valence-electron chi connectivity index (χ2n) is 6.14. The maximum Gasteiger partial charge on any atom is 0.387 e. The molecular formula is C20H21F2NO4. The van der Waals surface area contributed by atoms with Gasteiger partial charge in [-0.05, 0) is 43.2 Å². The van der Waals surface area contributed by atoms with E-state index in [1.54, 1.807) is 43.4 Å². The lowest BCUT2D eigenvalue weighted by Gasteiger charge is -2.27. The van der Waals surface area contributed by atoms with Gasteiger partial charge in [0.15, 0.2) is 0 Å². The molecule has 1 saturated heterocycles. The number of carbonyl (C=O) groups is 1. The average Bonchev–Trinajstić information content (AvgIpc) is 3.16. The number of ether oxygens (including phenoxy) is 3. The van der Waals surface area contributed by atoms with Gasteiger partial charge in [-0.15, -0.1) is 0 Å². The third-order valence-corrected chi connectivity index (χ3v) is 4.64. The second kappa shape index (κ2) is 8.24. The number of likely N-dealkylation sites (tertiary alicyclic amines) is 1. The van der Waals surface area contributed by atoms with E-state index in [1.807, 2.05) is 6.07 Å². The van der Waals surface area contributed by atoms with E-state index >= 15 is 0 Å². The van der Waals surface area contributed by atoms with Crippen LogP contribution in [0.2, 0.25) is 0 Å². The molecule has 1 aliphatic heterocycles. The van der Waals surface area contributed by atoms with Crippen LogP contribution in [0.4, 0.5) is 8.78 Å². The standard InChI is InChI=1S/C20H21F2NO4/c1-25-13-9-10-17(26-2)15(12-13)16-7-5-11-23(16)19(24)14-6-3-4-8-18(14)27-20(21)22/h3-4,6,8-10,12,16,20H,5,7,11H2,1-2H3. The van der Waals surface area contributed by atoms with Crippen LogP contribution in [0.1, 0.15) is 34.8 Å². The number of nitrogens with zero attached hydrogens (tertiary/aromatic N) is 1. The summed E-state index contributed by atoms with van der Waals surface area (Å²) in [5, 5.41) is 0. The minimum atomic E-state index is -2.99. The summed E-state index contributed by atoms with van der Waals surface area (Å²) in [5.41, 5.74) is 0.946. The predicted octanol–water partition coefficient (Wildman–Crippen LogP) is 4.28. The van der Waals surface area contributed by atoms with Gasteiger partial charge in [0.1, 0.15) is 17.2 Å². The quantitative estimate of drug-likeness (QED) is 0.754. The summed E-state index contributed by atoms with van der Waals surface area (Å²) >= 11 is 0. The number of amides is 1. The third kappa shape index (κ3) is 3.97.